The van der Waals surface area contributed by atoms with Gasteiger partial charge in [0.05, 0.1) is 19.1 Å². The van der Waals surface area contributed by atoms with E-state index in [-0.39, 0.29) is 30.2 Å². The van der Waals surface area contributed by atoms with Crippen LogP contribution in [-0.2, 0) is 16.1 Å². The average molecular weight is 451 g/mol. The Morgan fingerprint density at radius 1 is 1.12 bits per heavy atom. The molecule has 0 N–H and O–H groups in total. The minimum atomic E-state index is -0.340. The first-order valence-electron chi connectivity index (χ1n) is 11.9. The molecule has 1 aromatic carbocycles. The monoisotopic (exact) mass is 450 g/mol. The van der Waals surface area contributed by atoms with Crippen molar-refractivity contribution in [3.8, 4) is 5.75 Å². The molecule has 4 rings (SSSR count). The van der Waals surface area contributed by atoms with E-state index in [1.807, 2.05) is 46.3 Å². The Hall–Kier alpha value is -2.93. The summed E-state index contributed by atoms with van der Waals surface area (Å²) < 4.78 is 5.30. The summed E-state index contributed by atoms with van der Waals surface area (Å²) in [6, 6.07) is 11.6. The quantitative estimate of drug-likeness (QED) is 0.618. The number of piperazine rings is 1. The van der Waals surface area contributed by atoms with Crippen LogP contribution >= 0.6 is 0 Å². The average Bonchev–Trinajstić information content (AvgIpc) is 3.19. The number of carbonyl (C=O) groups is 2. The molecule has 0 aliphatic carbocycles. The van der Waals surface area contributed by atoms with E-state index in [2.05, 4.69) is 22.9 Å². The van der Waals surface area contributed by atoms with Crippen LogP contribution in [-0.4, -0.2) is 71.3 Å². The van der Waals surface area contributed by atoms with Crippen molar-refractivity contribution >= 4 is 11.8 Å². The van der Waals surface area contributed by atoms with Crippen LogP contribution in [0.25, 0.3) is 0 Å². The van der Waals surface area contributed by atoms with Crippen molar-refractivity contribution in [2.24, 2.45) is 5.92 Å². The fourth-order valence-corrected chi connectivity index (χ4v) is 4.93. The smallest absolute Gasteiger partial charge is 0.228 e. The van der Waals surface area contributed by atoms with Gasteiger partial charge in [-0.2, -0.15) is 0 Å². The Labute approximate surface area is 196 Å². The Bertz CT molecular complexity index is 926. The van der Waals surface area contributed by atoms with Gasteiger partial charge in [0.25, 0.3) is 0 Å². The number of hydrogen-bond donors (Lipinski definition) is 0. The largest absolute Gasteiger partial charge is 0.497 e. The van der Waals surface area contributed by atoms with Crippen LogP contribution in [0.4, 0.5) is 0 Å². The van der Waals surface area contributed by atoms with E-state index in [1.54, 1.807) is 13.3 Å². The highest BCUT2D eigenvalue weighted by atomic mass is 16.5. The summed E-state index contributed by atoms with van der Waals surface area (Å²) in [5, 5.41) is 0. The summed E-state index contributed by atoms with van der Waals surface area (Å²) in [6.45, 7) is 6.69. The second-order valence-electron chi connectivity index (χ2n) is 8.93. The van der Waals surface area contributed by atoms with Gasteiger partial charge in [0.2, 0.25) is 11.8 Å². The lowest BCUT2D eigenvalue weighted by molar-refractivity contribution is -0.138. The van der Waals surface area contributed by atoms with Gasteiger partial charge in [0, 0.05) is 58.1 Å². The van der Waals surface area contributed by atoms with E-state index in [0.717, 1.165) is 43.8 Å². The maximum absolute atomic E-state index is 13.6. The Kier molecular flexibility index (Phi) is 7.60. The molecule has 7 nitrogen and oxygen atoms in total. The van der Waals surface area contributed by atoms with Gasteiger partial charge in [-0.05, 0) is 35.7 Å². The molecule has 2 saturated heterocycles. The van der Waals surface area contributed by atoms with Crippen molar-refractivity contribution in [2.75, 3.05) is 39.8 Å². The van der Waals surface area contributed by atoms with E-state index >= 15 is 0 Å². The van der Waals surface area contributed by atoms with E-state index in [9.17, 15) is 9.59 Å². The van der Waals surface area contributed by atoms with Crippen molar-refractivity contribution < 1.29 is 14.3 Å². The van der Waals surface area contributed by atoms with Gasteiger partial charge in [0.1, 0.15) is 5.75 Å². The summed E-state index contributed by atoms with van der Waals surface area (Å²) in [5.41, 5.74) is 2.19. The van der Waals surface area contributed by atoms with Crippen LogP contribution in [0.1, 0.15) is 43.4 Å². The van der Waals surface area contributed by atoms with E-state index in [4.69, 9.17) is 4.74 Å². The predicted octanol–water partition coefficient (Wildman–Crippen LogP) is 3.12. The first-order valence-corrected chi connectivity index (χ1v) is 11.9. The standard InChI is InChI=1S/C26H34N4O3/c1-3-4-12-30-24(31)17-23(25(30)21-7-9-22(33-2)10-8-21)26(32)29-15-13-28(14-16-29)19-20-6-5-11-27-18-20/h5-11,18,23,25H,3-4,12-17,19H2,1-2H3. The molecule has 2 aliphatic heterocycles. The van der Waals surface area contributed by atoms with Crippen molar-refractivity contribution in [1.29, 1.82) is 0 Å². The Morgan fingerprint density at radius 3 is 2.52 bits per heavy atom. The lowest BCUT2D eigenvalue weighted by Crippen LogP contribution is -2.50. The molecule has 3 heterocycles. The van der Waals surface area contributed by atoms with E-state index < -0.39 is 0 Å². The second kappa shape index (κ2) is 10.8. The van der Waals surface area contributed by atoms with Crippen LogP contribution in [0, 0.1) is 5.92 Å². The lowest BCUT2D eigenvalue weighted by Gasteiger charge is -2.37. The Morgan fingerprint density at radius 2 is 1.88 bits per heavy atom. The van der Waals surface area contributed by atoms with Gasteiger partial charge in [-0.3, -0.25) is 19.5 Å². The number of methoxy groups -OCH3 is 1. The van der Waals surface area contributed by atoms with Crippen molar-refractivity contribution in [3.05, 3.63) is 59.9 Å². The molecule has 2 fully saturated rings. The molecule has 2 amide bonds. The first kappa shape index (κ1) is 23.2. The number of likely N-dealkylation sites (tertiary alicyclic amines) is 1. The van der Waals surface area contributed by atoms with Crippen LogP contribution in [0.2, 0.25) is 0 Å². The van der Waals surface area contributed by atoms with Gasteiger partial charge in [-0.1, -0.05) is 31.5 Å². The van der Waals surface area contributed by atoms with Crippen LogP contribution in [0.5, 0.6) is 5.75 Å². The highest BCUT2D eigenvalue weighted by molar-refractivity contribution is 5.90. The fraction of sp³-hybridized carbons (Fsp3) is 0.500. The molecule has 1 aromatic heterocycles. The minimum Gasteiger partial charge on any atom is -0.497 e. The topological polar surface area (TPSA) is 66.0 Å². The normalized spacial score (nSPS) is 21.5. The number of nitrogens with zero attached hydrogens (tertiary/aromatic N) is 4. The summed E-state index contributed by atoms with van der Waals surface area (Å²) >= 11 is 0. The number of ether oxygens (including phenoxy) is 1. The van der Waals surface area contributed by atoms with Crippen molar-refractivity contribution in [2.45, 2.75) is 38.8 Å². The number of aromatic nitrogens is 1. The van der Waals surface area contributed by atoms with Crippen molar-refractivity contribution in [1.82, 2.24) is 19.7 Å². The number of hydrogen-bond acceptors (Lipinski definition) is 5. The molecular formula is C26H34N4O3. The van der Waals surface area contributed by atoms with Gasteiger partial charge in [0.15, 0.2) is 0 Å². The molecule has 33 heavy (non-hydrogen) atoms. The first-order chi connectivity index (χ1) is 16.1. The number of amides is 2. The fourth-order valence-electron chi connectivity index (χ4n) is 4.93. The molecule has 0 spiro atoms. The zero-order chi connectivity index (χ0) is 23.2. The maximum Gasteiger partial charge on any atom is 0.228 e. The molecule has 0 saturated carbocycles. The zero-order valence-electron chi connectivity index (χ0n) is 19.7. The highest BCUT2D eigenvalue weighted by Gasteiger charge is 2.45. The van der Waals surface area contributed by atoms with E-state index in [0.29, 0.717) is 19.6 Å². The maximum atomic E-state index is 13.6. The van der Waals surface area contributed by atoms with Gasteiger partial charge in [-0.15, -0.1) is 0 Å². The summed E-state index contributed by atoms with van der Waals surface area (Å²) in [6.07, 6.45) is 5.91. The number of pyridine rings is 1. The van der Waals surface area contributed by atoms with Crippen molar-refractivity contribution in [3.63, 3.8) is 0 Å². The molecule has 176 valence electrons. The minimum absolute atomic E-state index is 0.0813. The zero-order valence-corrected chi connectivity index (χ0v) is 19.7. The molecule has 0 bridgehead atoms. The predicted molar refractivity (Wildman–Crippen MR) is 127 cm³/mol. The molecule has 2 aromatic rings. The highest BCUT2D eigenvalue weighted by Crippen LogP contribution is 2.40. The molecule has 0 radical (unpaired) electrons. The number of carbonyl (C=O) groups excluding carboxylic acids is 2. The Balaban J connectivity index is 1.46. The van der Waals surface area contributed by atoms with Gasteiger partial charge < -0.3 is 14.5 Å². The van der Waals surface area contributed by atoms with Crippen LogP contribution < -0.4 is 4.74 Å². The second-order valence-corrected chi connectivity index (χ2v) is 8.93. The van der Waals surface area contributed by atoms with Gasteiger partial charge >= 0.3 is 0 Å². The van der Waals surface area contributed by atoms with E-state index in [1.165, 1.54) is 5.56 Å². The van der Waals surface area contributed by atoms with Gasteiger partial charge in [-0.25, -0.2) is 0 Å². The molecule has 2 unspecified atom stereocenters. The lowest BCUT2D eigenvalue weighted by atomic mass is 9.91. The summed E-state index contributed by atoms with van der Waals surface area (Å²) in [4.78, 5) is 37.0. The third kappa shape index (κ3) is 5.36. The number of benzene rings is 1. The van der Waals surface area contributed by atoms with Crippen LogP contribution in [0.3, 0.4) is 0 Å². The SMILES string of the molecule is CCCCN1C(=O)CC(C(=O)N2CCN(Cc3cccnc3)CC2)C1c1ccc(OC)cc1. The molecule has 2 aliphatic rings. The third-order valence-corrected chi connectivity index (χ3v) is 6.77. The summed E-state index contributed by atoms with van der Waals surface area (Å²) in [5.74, 6) is 0.616. The third-order valence-electron chi connectivity index (χ3n) is 6.77. The number of unbranched alkanes of at least 4 members (excludes halogenated alkanes) is 1. The van der Waals surface area contributed by atoms with Crippen LogP contribution in [0.15, 0.2) is 48.8 Å². The number of rotatable bonds is 8. The summed E-state index contributed by atoms with van der Waals surface area (Å²) in [7, 11) is 1.64. The molecular weight excluding hydrogens is 416 g/mol. The molecule has 2 atom stereocenters. The molecule has 7 heteroatoms.